The third-order valence-electron chi connectivity index (χ3n) is 13.9. The molecule has 5 aromatic carbocycles. The van der Waals surface area contributed by atoms with E-state index < -0.39 is 31.6 Å². The molecule has 1 aromatic heterocycles. The quantitative estimate of drug-likeness (QED) is 0.0900. The zero-order valence-corrected chi connectivity index (χ0v) is 39.3. The van der Waals surface area contributed by atoms with Gasteiger partial charge in [0.25, 0.3) is 5.91 Å². The predicted octanol–water partition coefficient (Wildman–Crippen LogP) is 8.88. The van der Waals surface area contributed by atoms with Gasteiger partial charge in [-0.3, -0.25) is 19.1 Å². The Bertz CT molecular complexity index is 2930. The van der Waals surface area contributed by atoms with E-state index in [4.69, 9.17) is 14.9 Å². The Hall–Kier alpha value is -6.94. The van der Waals surface area contributed by atoms with E-state index in [1.165, 1.54) is 10.0 Å². The van der Waals surface area contributed by atoms with Gasteiger partial charge in [-0.05, 0) is 72.1 Å². The zero-order valence-electron chi connectivity index (χ0n) is 38.3. The van der Waals surface area contributed by atoms with Crippen molar-refractivity contribution in [1.29, 1.82) is 0 Å². The van der Waals surface area contributed by atoms with Gasteiger partial charge in [-0.15, -0.1) is 5.10 Å². The molecule has 1 saturated heterocycles. The molecule has 13 nitrogen and oxygen atoms in total. The number of hydrogen-bond donors (Lipinski definition) is 1. The van der Waals surface area contributed by atoms with Crippen molar-refractivity contribution in [2.75, 3.05) is 21.5 Å². The number of hydrogen-bond acceptors (Lipinski definition) is 9. The number of aliphatic hydroxyl groups excluding tert-OH is 1. The van der Waals surface area contributed by atoms with Crippen molar-refractivity contribution >= 4 is 54.6 Å². The van der Waals surface area contributed by atoms with Crippen molar-refractivity contribution in [3.8, 4) is 0 Å². The largest absolute Gasteiger partial charge is 0.395 e. The van der Waals surface area contributed by atoms with Crippen LogP contribution in [0.3, 0.4) is 0 Å². The van der Waals surface area contributed by atoms with Gasteiger partial charge in [0.2, 0.25) is 20.2 Å². The summed E-state index contributed by atoms with van der Waals surface area (Å²) in [6.07, 6.45) is 3.03. The van der Waals surface area contributed by atoms with Crippen LogP contribution in [0.1, 0.15) is 78.5 Å². The van der Waals surface area contributed by atoms with Crippen LogP contribution < -0.4 is 14.9 Å². The lowest BCUT2D eigenvalue weighted by molar-refractivity contribution is -0.146. The lowest BCUT2D eigenvalue weighted by atomic mass is 9.82. The molecular formula is C53H53FN8O5Si. The van der Waals surface area contributed by atoms with E-state index in [0.29, 0.717) is 60.5 Å². The van der Waals surface area contributed by atoms with E-state index in [1.54, 1.807) is 34.9 Å². The summed E-state index contributed by atoms with van der Waals surface area (Å²) < 4.78 is 25.9. The number of nitrogens with zero attached hydrogens (tertiary/aromatic N) is 8. The average molecular weight is 929 g/mol. The fraction of sp³-hybridized carbons (Fsp3) is 0.302. The van der Waals surface area contributed by atoms with Gasteiger partial charge in [0, 0.05) is 55.4 Å². The van der Waals surface area contributed by atoms with Crippen molar-refractivity contribution in [2.45, 2.75) is 88.4 Å². The molecule has 68 heavy (non-hydrogen) atoms. The van der Waals surface area contributed by atoms with Gasteiger partial charge in [0.15, 0.2) is 5.60 Å². The summed E-state index contributed by atoms with van der Waals surface area (Å²) in [5.74, 6) is -1.62. The minimum Gasteiger partial charge on any atom is -0.395 e. The first-order valence-electron chi connectivity index (χ1n) is 23.3. The molecule has 15 heteroatoms. The Kier molecular flexibility index (Phi) is 12.1. The first kappa shape index (κ1) is 44.9. The minimum absolute atomic E-state index is 0.119. The number of aliphatic hydroxyl groups is 1. The second-order valence-electron chi connectivity index (χ2n) is 18.6. The number of carbonyl (C=O) groups is 3. The minimum atomic E-state index is -3.57. The number of amides is 3. The summed E-state index contributed by atoms with van der Waals surface area (Å²) in [5, 5.41) is 31.6. The number of carbonyl (C=O) groups excluding carboxylic acids is 3. The number of fused-ring (bicyclic) bond motifs is 2. The highest BCUT2D eigenvalue weighted by atomic mass is 28.4. The number of aryl methyl sites for hydroxylation is 1. The third-order valence-corrected chi connectivity index (χ3v) is 16.4. The maximum absolute atomic E-state index is 17.0. The number of hydrazone groups is 2. The number of ether oxygens (including phenoxy) is 1. The van der Waals surface area contributed by atoms with Crippen molar-refractivity contribution in [3.63, 3.8) is 0 Å². The third kappa shape index (κ3) is 8.28. The highest BCUT2D eigenvalue weighted by molar-refractivity contribution is 6.72. The van der Waals surface area contributed by atoms with Gasteiger partial charge in [0.05, 0.1) is 59.4 Å². The van der Waals surface area contributed by atoms with Crippen LogP contribution in [0.2, 0.25) is 18.6 Å². The van der Waals surface area contributed by atoms with Crippen LogP contribution in [0, 0.1) is 5.92 Å². The lowest BCUT2D eigenvalue weighted by Gasteiger charge is -2.31. The van der Waals surface area contributed by atoms with Gasteiger partial charge in [-0.25, -0.2) is 10.0 Å². The van der Waals surface area contributed by atoms with Crippen molar-refractivity contribution in [1.82, 2.24) is 15.0 Å². The van der Waals surface area contributed by atoms with Crippen LogP contribution in [-0.4, -0.2) is 70.4 Å². The molecule has 0 radical (unpaired) electrons. The van der Waals surface area contributed by atoms with E-state index in [0.717, 1.165) is 33.7 Å². The molecule has 346 valence electrons. The van der Waals surface area contributed by atoms with E-state index in [1.807, 2.05) is 134 Å². The highest BCUT2D eigenvalue weighted by Crippen LogP contribution is 2.61. The summed E-state index contributed by atoms with van der Waals surface area (Å²) in [6, 6.07) is 42.1. The molecule has 4 aliphatic heterocycles. The molecule has 5 atom stereocenters. The smallest absolute Gasteiger partial charge is 0.264 e. The second-order valence-corrected chi connectivity index (χ2v) is 22.4. The molecule has 1 N–H and O–H groups in total. The van der Waals surface area contributed by atoms with Gasteiger partial charge >= 0.3 is 0 Å². The van der Waals surface area contributed by atoms with E-state index in [9.17, 15) is 14.7 Å². The van der Waals surface area contributed by atoms with Crippen molar-refractivity contribution < 1.29 is 28.3 Å². The summed E-state index contributed by atoms with van der Waals surface area (Å²) >= 11 is 0. The molecule has 3 amide bonds. The Labute approximate surface area is 395 Å². The first-order chi connectivity index (χ1) is 32.9. The molecule has 1 spiro atoms. The molecule has 0 aliphatic carbocycles. The summed E-state index contributed by atoms with van der Waals surface area (Å²) in [7, 11) is -3.57. The molecule has 1 fully saturated rings. The topological polar surface area (TPSA) is 146 Å². The number of anilines is 3. The summed E-state index contributed by atoms with van der Waals surface area (Å²) in [4.78, 5) is 44.4. The van der Waals surface area contributed by atoms with Gasteiger partial charge < -0.3 is 18.9 Å². The molecule has 0 bridgehead atoms. The number of aromatic nitrogens is 3. The SMILES string of the molecule is C[C@H]1[C@H]([Si](C)(C)F)[C@@H](CCn2cc(C(CO)c3ccccc3)nn2)O[C@]12C(=O)N(Cc1cccc(N3N=C(c4ccccc4)CCC3=O)c1)c1ccc(N3N=C(c4ccccc4)CCC3=O)cc12. The molecular weight excluding hydrogens is 876 g/mol. The van der Waals surface area contributed by atoms with Crippen LogP contribution in [0.4, 0.5) is 21.2 Å². The van der Waals surface area contributed by atoms with Gasteiger partial charge in [0.1, 0.15) is 0 Å². The fourth-order valence-electron chi connectivity index (χ4n) is 10.6. The van der Waals surface area contributed by atoms with E-state index in [2.05, 4.69) is 10.3 Å². The zero-order chi connectivity index (χ0) is 47.2. The number of halogens is 1. The standard InChI is InChI=1S/C53H53FN8O5Si/c1-35-51(68(2,3)54)48(28-29-59-33-46(55-58-59)42(34-63)37-15-7-4-8-16-37)67-53(35)43-31-41(62-50(65)27-24-45(57-62)39-19-11-6-12-20-39)22-25-47(43)60(52(53)66)32-36-14-13-21-40(30-36)61-49(64)26-23-44(56-61)38-17-9-5-10-18-38/h4-22,25,30-31,33,35,42,48,51,63H,23-24,26-29,32,34H2,1-3H3/t35-,42?,48+,51-,53+/m0/s1. The highest BCUT2D eigenvalue weighted by Gasteiger charge is 2.66. The summed E-state index contributed by atoms with van der Waals surface area (Å²) in [5.41, 5.74) is 5.69. The van der Waals surface area contributed by atoms with Crippen molar-refractivity contribution in [3.05, 3.63) is 173 Å². The molecule has 6 aromatic rings. The molecule has 10 rings (SSSR count). The molecule has 0 saturated carbocycles. The fourth-order valence-corrected chi connectivity index (χ4v) is 13.2. The Morgan fingerprint density at radius 2 is 1.37 bits per heavy atom. The summed E-state index contributed by atoms with van der Waals surface area (Å²) in [6.45, 7) is 5.55. The van der Waals surface area contributed by atoms with Crippen LogP contribution in [-0.2, 0) is 37.8 Å². The van der Waals surface area contributed by atoms with E-state index in [-0.39, 0.29) is 43.2 Å². The molecule has 5 heterocycles. The van der Waals surface area contributed by atoms with Gasteiger partial charge in [-0.2, -0.15) is 10.2 Å². The maximum Gasteiger partial charge on any atom is 0.264 e. The Balaban J connectivity index is 1.01. The predicted molar refractivity (Wildman–Crippen MR) is 262 cm³/mol. The number of benzene rings is 5. The maximum atomic E-state index is 17.0. The van der Waals surface area contributed by atoms with Crippen LogP contribution in [0.5, 0.6) is 0 Å². The van der Waals surface area contributed by atoms with E-state index >= 15 is 8.90 Å². The van der Waals surface area contributed by atoms with Crippen LogP contribution in [0.15, 0.2) is 150 Å². The Morgan fingerprint density at radius 3 is 1.97 bits per heavy atom. The Morgan fingerprint density at radius 1 is 0.765 bits per heavy atom. The average Bonchev–Trinajstić information content (AvgIpc) is 4.02. The van der Waals surface area contributed by atoms with Crippen LogP contribution >= 0.6 is 0 Å². The van der Waals surface area contributed by atoms with Crippen molar-refractivity contribution in [2.24, 2.45) is 16.1 Å². The van der Waals surface area contributed by atoms with Gasteiger partial charge in [-0.1, -0.05) is 115 Å². The van der Waals surface area contributed by atoms with Crippen LogP contribution in [0.25, 0.3) is 0 Å². The molecule has 4 aliphatic rings. The number of rotatable bonds is 13. The normalized spacial score (nSPS) is 22.2. The second kappa shape index (κ2) is 18.3. The lowest BCUT2D eigenvalue weighted by Crippen LogP contribution is -2.45. The molecule has 1 unspecified atom stereocenters. The monoisotopic (exact) mass is 928 g/mol. The first-order valence-corrected chi connectivity index (χ1v) is 26.3.